The molecule has 10 heteroatoms. The number of thiazole rings is 1. The van der Waals surface area contributed by atoms with Crippen LogP contribution in [0.5, 0.6) is 0 Å². The Morgan fingerprint density at radius 1 is 1.00 bits per heavy atom. The van der Waals surface area contributed by atoms with Crippen LogP contribution in [0.1, 0.15) is 10.4 Å². The van der Waals surface area contributed by atoms with Crippen LogP contribution in [0, 0.1) is 5.82 Å². The normalized spacial score (nSPS) is 11.4. The zero-order chi connectivity index (χ0) is 21.3. The van der Waals surface area contributed by atoms with Gasteiger partial charge in [-0.25, -0.2) is 17.8 Å². The lowest BCUT2D eigenvalue weighted by molar-refractivity contribution is 0.102. The molecule has 0 saturated heterocycles. The highest BCUT2D eigenvalue weighted by Crippen LogP contribution is 2.28. The number of nitrogens with one attached hydrogen (secondary N) is 2. The molecule has 0 atom stereocenters. The SMILES string of the molecule is O=C(Nc1nc2ccc(Cl)cc2s1)c1ccc(NS(=O)(=O)c2ccc(F)cc2)cc1. The number of sulfonamides is 1. The standard InChI is InChI=1S/C20H13ClFN3O3S2/c21-13-3-10-17-18(11-13)29-20(23-17)24-19(26)12-1-6-15(7-2-12)25-30(27,28)16-8-4-14(22)5-9-16/h1-11,25H,(H,23,24,26). The summed E-state index contributed by atoms with van der Waals surface area (Å²) in [4.78, 5) is 16.7. The van der Waals surface area contributed by atoms with E-state index in [2.05, 4.69) is 15.0 Å². The predicted molar refractivity (Wildman–Crippen MR) is 116 cm³/mol. The topological polar surface area (TPSA) is 88.2 Å². The minimum atomic E-state index is -3.87. The fourth-order valence-electron chi connectivity index (χ4n) is 2.64. The van der Waals surface area contributed by atoms with E-state index in [0.717, 1.165) is 22.3 Å². The van der Waals surface area contributed by atoms with Gasteiger partial charge in [0.2, 0.25) is 0 Å². The van der Waals surface area contributed by atoms with Crippen molar-refractivity contribution in [2.45, 2.75) is 4.90 Å². The number of rotatable bonds is 5. The summed E-state index contributed by atoms with van der Waals surface area (Å²) in [6.45, 7) is 0. The molecule has 4 aromatic rings. The molecule has 1 amide bonds. The van der Waals surface area contributed by atoms with E-state index in [1.807, 2.05) is 0 Å². The Morgan fingerprint density at radius 3 is 2.40 bits per heavy atom. The van der Waals surface area contributed by atoms with E-state index in [-0.39, 0.29) is 16.5 Å². The van der Waals surface area contributed by atoms with Gasteiger partial charge >= 0.3 is 0 Å². The molecule has 1 heterocycles. The predicted octanol–water partition coefficient (Wildman–Crippen LogP) is 5.14. The van der Waals surface area contributed by atoms with Crippen molar-refractivity contribution in [3.63, 3.8) is 0 Å². The Morgan fingerprint density at radius 2 is 1.70 bits per heavy atom. The fraction of sp³-hybridized carbons (Fsp3) is 0. The van der Waals surface area contributed by atoms with E-state index < -0.39 is 15.8 Å². The van der Waals surface area contributed by atoms with E-state index in [0.29, 0.717) is 15.7 Å². The van der Waals surface area contributed by atoms with Gasteiger partial charge in [-0.1, -0.05) is 22.9 Å². The molecule has 2 N–H and O–H groups in total. The van der Waals surface area contributed by atoms with Gasteiger partial charge in [-0.05, 0) is 66.7 Å². The van der Waals surface area contributed by atoms with Crippen LogP contribution in [0.2, 0.25) is 5.02 Å². The molecule has 0 aliphatic carbocycles. The number of amides is 1. The first-order valence-electron chi connectivity index (χ1n) is 8.56. The largest absolute Gasteiger partial charge is 0.298 e. The molecule has 30 heavy (non-hydrogen) atoms. The number of fused-ring (bicyclic) bond motifs is 1. The number of carbonyl (C=O) groups is 1. The highest BCUT2D eigenvalue weighted by atomic mass is 35.5. The summed E-state index contributed by atoms with van der Waals surface area (Å²) in [5, 5.41) is 3.73. The average Bonchev–Trinajstić information content (AvgIpc) is 3.09. The molecule has 152 valence electrons. The highest BCUT2D eigenvalue weighted by molar-refractivity contribution is 7.92. The smallest absolute Gasteiger partial charge is 0.261 e. The van der Waals surface area contributed by atoms with Crippen LogP contribution >= 0.6 is 22.9 Å². The zero-order valence-corrected chi connectivity index (χ0v) is 17.5. The van der Waals surface area contributed by atoms with E-state index in [4.69, 9.17) is 11.6 Å². The van der Waals surface area contributed by atoms with Crippen molar-refractivity contribution in [3.05, 3.63) is 83.1 Å². The molecule has 4 rings (SSSR count). The molecule has 6 nitrogen and oxygen atoms in total. The van der Waals surface area contributed by atoms with Gasteiger partial charge in [-0.15, -0.1) is 0 Å². The maximum atomic E-state index is 13.0. The van der Waals surface area contributed by atoms with Gasteiger partial charge in [0.15, 0.2) is 5.13 Å². The van der Waals surface area contributed by atoms with Gasteiger partial charge in [0.05, 0.1) is 15.1 Å². The molecular formula is C20H13ClFN3O3S2. The first-order chi connectivity index (χ1) is 14.3. The fourth-order valence-corrected chi connectivity index (χ4v) is 4.83. The first kappa shape index (κ1) is 20.3. The van der Waals surface area contributed by atoms with E-state index in [1.54, 1.807) is 18.2 Å². The molecule has 3 aromatic carbocycles. The number of halogens is 2. The number of carbonyl (C=O) groups excluding carboxylic acids is 1. The van der Waals surface area contributed by atoms with Crippen LogP contribution < -0.4 is 10.0 Å². The maximum Gasteiger partial charge on any atom is 0.261 e. The maximum absolute atomic E-state index is 13.0. The molecular weight excluding hydrogens is 449 g/mol. The van der Waals surface area contributed by atoms with Crippen molar-refractivity contribution < 1.29 is 17.6 Å². The van der Waals surface area contributed by atoms with Crippen molar-refractivity contribution in [2.75, 3.05) is 10.0 Å². The summed E-state index contributed by atoms with van der Waals surface area (Å²) in [7, 11) is -3.87. The highest BCUT2D eigenvalue weighted by Gasteiger charge is 2.15. The van der Waals surface area contributed by atoms with Gasteiger partial charge < -0.3 is 0 Å². The molecule has 0 radical (unpaired) electrons. The second kappa shape index (κ2) is 8.02. The first-order valence-corrected chi connectivity index (χ1v) is 11.2. The summed E-state index contributed by atoms with van der Waals surface area (Å²) in [6, 6.07) is 15.6. The number of anilines is 2. The molecule has 0 spiro atoms. The third-order valence-corrected chi connectivity index (χ3v) is 6.66. The van der Waals surface area contributed by atoms with Crippen LogP contribution in [0.4, 0.5) is 15.2 Å². The number of benzene rings is 3. The van der Waals surface area contributed by atoms with Crippen molar-refractivity contribution in [1.29, 1.82) is 0 Å². The third-order valence-electron chi connectivity index (χ3n) is 4.09. The van der Waals surface area contributed by atoms with Gasteiger partial charge in [0.25, 0.3) is 15.9 Å². The Balaban J connectivity index is 1.47. The van der Waals surface area contributed by atoms with Gasteiger partial charge in [-0.2, -0.15) is 0 Å². The summed E-state index contributed by atoms with van der Waals surface area (Å²) in [5.41, 5.74) is 1.33. The van der Waals surface area contributed by atoms with E-state index in [9.17, 15) is 17.6 Å². The summed E-state index contributed by atoms with van der Waals surface area (Å²) >= 11 is 7.26. The number of hydrogen-bond acceptors (Lipinski definition) is 5. The Kier molecular flexibility index (Phi) is 5.42. The summed E-state index contributed by atoms with van der Waals surface area (Å²) in [6.07, 6.45) is 0. The monoisotopic (exact) mass is 461 g/mol. The Hall–Kier alpha value is -3.01. The van der Waals surface area contributed by atoms with Crippen molar-refractivity contribution in [1.82, 2.24) is 4.98 Å². The lowest BCUT2D eigenvalue weighted by Gasteiger charge is -2.09. The van der Waals surface area contributed by atoms with Crippen LogP contribution in [0.15, 0.2) is 71.6 Å². The van der Waals surface area contributed by atoms with Crippen molar-refractivity contribution in [2.24, 2.45) is 0 Å². The number of nitrogens with zero attached hydrogens (tertiary/aromatic N) is 1. The lowest BCUT2D eigenvalue weighted by Crippen LogP contribution is -2.14. The minimum Gasteiger partial charge on any atom is -0.298 e. The third kappa shape index (κ3) is 4.43. The molecule has 0 aliphatic rings. The van der Waals surface area contributed by atoms with Crippen LogP contribution in [-0.4, -0.2) is 19.3 Å². The number of hydrogen-bond donors (Lipinski definition) is 2. The van der Waals surface area contributed by atoms with Crippen LogP contribution in [0.3, 0.4) is 0 Å². The van der Waals surface area contributed by atoms with E-state index >= 15 is 0 Å². The Bertz CT molecular complexity index is 1340. The van der Waals surface area contributed by atoms with E-state index in [1.165, 1.54) is 47.7 Å². The molecule has 0 aliphatic heterocycles. The van der Waals surface area contributed by atoms with Crippen molar-refractivity contribution >= 4 is 59.9 Å². The van der Waals surface area contributed by atoms with Crippen LogP contribution in [-0.2, 0) is 10.0 Å². The second-order valence-corrected chi connectivity index (χ2v) is 9.37. The number of aromatic nitrogens is 1. The Labute approximate surface area is 180 Å². The second-order valence-electron chi connectivity index (χ2n) is 6.22. The molecule has 0 fully saturated rings. The summed E-state index contributed by atoms with van der Waals surface area (Å²) < 4.78 is 40.9. The quantitative estimate of drug-likeness (QED) is 0.430. The van der Waals surface area contributed by atoms with Gasteiger partial charge in [0, 0.05) is 16.3 Å². The molecule has 0 saturated carbocycles. The summed E-state index contributed by atoms with van der Waals surface area (Å²) in [5.74, 6) is -0.909. The van der Waals surface area contributed by atoms with Gasteiger partial charge in [-0.3, -0.25) is 14.8 Å². The van der Waals surface area contributed by atoms with Gasteiger partial charge in [0.1, 0.15) is 5.82 Å². The molecule has 0 bridgehead atoms. The average molecular weight is 462 g/mol. The zero-order valence-electron chi connectivity index (χ0n) is 15.1. The lowest BCUT2D eigenvalue weighted by atomic mass is 10.2. The van der Waals surface area contributed by atoms with Crippen molar-refractivity contribution in [3.8, 4) is 0 Å². The van der Waals surface area contributed by atoms with Crippen LogP contribution in [0.25, 0.3) is 10.2 Å². The molecule has 1 aromatic heterocycles. The molecule has 0 unspecified atom stereocenters. The minimum absolute atomic E-state index is 0.0679.